The van der Waals surface area contributed by atoms with Gasteiger partial charge in [0.25, 0.3) is 5.89 Å². The summed E-state index contributed by atoms with van der Waals surface area (Å²) in [6.45, 7) is 8.36. The standard InChI is InChI=1S/C26H30F3N3O4/c1-4-17-18(10-16(11-19(17)27)23-31-32-24(36-23)22(28)29)21(33)14(2)9-15-7-5-6-8-20(15)30-25(34)26(3)12-35-13-26/h10-11,15,20,22H,2,4-9,12-13H2,1,3H3,(H,30,34)/t15?,20-/m1/s1. The zero-order valence-electron chi connectivity index (χ0n) is 20.4. The van der Waals surface area contributed by atoms with Crippen molar-refractivity contribution in [2.24, 2.45) is 11.3 Å². The van der Waals surface area contributed by atoms with Gasteiger partial charge in [-0.05, 0) is 61.8 Å². The summed E-state index contributed by atoms with van der Waals surface area (Å²) in [5.41, 5.74) is 0.0972. The van der Waals surface area contributed by atoms with E-state index in [0.29, 0.717) is 25.2 Å². The minimum absolute atomic E-state index is 0.0198. The Hall–Kier alpha value is -3.01. The maximum absolute atomic E-state index is 14.9. The number of benzene rings is 1. The normalized spacial score (nSPS) is 21.2. The molecule has 36 heavy (non-hydrogen) atoms. The second-order valence-electron chi connectivity index (χ2n) is 9.90. The second kappa shape index (κ2) is 10.5. The molecule has 2 heterocycles. The van der Waals surface area contributed by atoms with Crippen LogP contribution in [0.4, 0.5) is 13.2 Å². The third-order valence-electron chi connectivity index (χ3n) is 7.11. The zero-order valence-corrected chi connectivity index (χ0v) is 20.4. The summed E-state index contributed by atoms with van der Waals surface area (Å²) < 4.78 is 50.8. The average molecular weight is 506 g/mol. The first-order valence-corrected chi connectivity index (χ1v) is 12.2. The molecule has 2 aliphatic rings. The molecule has 1 saturated heterocycles. The van der Waals surface area contributed by atoms with Gasteiger partial charge < -0.3 is 14.5 Å². The number of nitrogens with zero attached hydrogens (tertiary/aromatic N) is 2. The van der Waals surface area contributed by atoms with Crippen LogP contribution >= 0.6 is 0 Å². The number of hydrogen-bond donors (Lipinski definition) is 1. The molecule has 0 radical (unpaired) electrons. The first kappa shape index (κ1) is 26.1. The van der Waals surface area contributed by atoms with Crippen molar-refractivity contribution in [3.8, 4) is 11.5 Å². The van der Waals surface area contributed by atoms with Gasteiger partial charge >= 0.3 is 6.43 Å². The van der Waals surface area contributed by atoms with Gasteiger partial charge in [-0.1, -0.05) is 26.3 Å². The fourth-order valence-corrected chi connectivity index (χ4v) is 4.88. The lowest BCUT2D eigenvalue weighted by molar-refractivity contribution is -0.159. The van der Waals surface area contributed by atoms with E-state index in [4.69, 9.17) is 9.15 Å². The number of ketones is 1. The molecule has 1 saturated carbocycles. The number of hydrogen-bond acceptors (Lipinski definition) is 6. The number of Topliss-reactive ketones (excluding diaryl/α,β-unsaturated/α-hetero) is 1. The number of rotatable bonds is 9. The minimum atomic E-state index is -2.96. The molecule has 1 aromatic heterocycles. The van der Waals surface area contributed by atoms with Crippen molar-refractivity contribution in [2.75, 3.05) is 13.2 Å². The number of amides is 1. The molecule has 2 atom stereocenters. The summed E-state index contributed by atoms with van der Waals surface area (Å²) in [6.07, 6.45) is 1.23. The zero-order chi connectivity index (χ0) is 26.0. The minimum Gasteiger partial charge on any atom is -0.415 e. The molecule has 1 unspecified atom stereocenters. The molecule has 1 aliphatic carbocycles. The van der Waals surface area contributed by atoms with E-state index in [-0.39, 0.29) is 46.9 Å². The van der Waals surface area contributed by atoms with Crippen molar-refractivity contribution in [1.82, 2.24) is 15.5 Å². The highest BCUT2D eigenvalue weighted by Gasteiger charge is 2.42. The molecule has 1 N–H and O–H groups in total. The first-order valence-electron chi connectivity index (χ1n) is 12.2. The van der Waals surface area contributed by atoms with Gasteiger partial charge in [-0.25, -0.2) is 4.39 Å². The monoisotopic (exact) mass is 505 g/mol. The van der Waals surface area contributed by atoms with E-state index in [1.807, 2.05) is 6.92 Å². The second-order valence-corrected chi connectivity index (χ2v) is 9.90. The Morgan fingerprint density at radius 1 is 1.22 bits per heavy atom. The Labute approximate surface area is 207 Å². The predicted molar refractivity (Wildman–Crippen MR) is 125 cm³/mol. The number of carbonyl (C=O) groups is 2. The van der Waals surface area contributed by atoms with Gasteiger partial charge in [-0.2, -0.15) is 8.78 Å². The highest BCUT2D eigenvalue weighted by Crippen LogP contribution is 2.34. The van der Waals surface area contributed by atoms with Crippen molar-refractivity contribution in [2.45, 2.75) is 64.8 Å². The summed E-state index contributed by atoms with van der Waals surface area (Å²) in [5, 5.41) is 9.99. The van der Waals surface area contributed by atoms with Crippen LogP contribution in [0.25, 0.3) is 11.5 Å². The van der Waals surface area contributed by atoms with E-state index in [0.717, 1.165) is 31.7 Å². The summed E-state index contributed by atoms with van der Waals surface area (Å²) in [4.78, 5) is 26.2. The Balaban J connectivity index is 1.53. The lowest BCUT2D eigenvalue weighted by atomic mass is 9.78. The average Bonchev–Trinajstić information content (AvgIpc) is 3.33. The molecule has 0 bridgehead atoms. The van der Waals surface area contributed by atoms with Gasteiger partial charge in [0.2, 0.25) is 11.8 Å². The number of aromatic nitrogens is 2. The van der Waals surface area contributed by atoms with E-state index >= 15 is 0 Å². The molecule has 10 heteroatoms. The predicted octanol–water partition coefficient (Wildman–Crippen LogP) is 5.22. The maximum atomic E-state index is 14.9. The highest BCUT2D eigenvalue weighted by atomic mass is 19.3. The van der Waals surface area contributed by atoms with Gasteiger partial charge in [-0.15, -0.1) is 10.2 Å². The number of ether oxygens (including phenoxy) is 1. The maximum Gasteiger partial charge on any atom is 0.314 e. The van der Waals surface area contributed by atoms with Gasteiger partial charge in [-0.3, -0.25) is 9.59 Å². The van der Waals surface area contributed by atoms with Crippen LogP contribution in [-0.2, 0) is 16.0 Å². The van der Waals surface area contributed by atoms with Crippen LogP contribution in [0.5, 0.6) is 0 Å². The van der Waals surface area contributed by atoms with Crippen molar-refractivity contribution < 1.29 is 31.9 Å². The van der Waals surface area contributed by atoms with Crippen molar-refractivity contribution in [1.29, 1.82) is 0 Å². The number of halogens is 3. The summed E-state index contributed by atoms with van der Waals surface area (Å²) in [6, 6.07) is 2.39. The van der Waals surface area contributed by atoms with E-state index < -0.39 is 29.3 Å². The third kappa shape index (κ3) is 5.23. The van der Waals surface area contributed by atoms with Crippen molar-refractivity contribution in [3.63, 3.8) is 0 Å². The Morgan fingerprint density at radius 3 is 2.56 bits per heavy atom. The molecule has 1 aliphatic heterocycles. The van der Waals surface area contributed by atoms with Gasteiger partial charge in [0.05, 0.1) is 18.6 Å². The third-order valence-corrected chi connectivity index (χ3v) is 7.11. The lowest BCUT2D eigenvalue weighted by Gasteiger charge is -2.40. The van der Waals surface area contributed by atoms with Gasteiger partial charge in [0.1, 0.15) is 5.82 Å². The summed E-state index contributed by atoms with van der Waals surface area (Å²) in [5.74, 6) is -2.30. The topological polar surface area (TPSA) is 94.3 Å². The molecule has 2 fully saturated rings. The van der Waals surface area contributed by atoms with Crippen LogP contribution in [-0.4, -0.2) is 41.1 Å². The SMILES string of the molecule is C=C(CC1CCCC[C@H]1NC(=O)C1(C)COC1)C(=O)c1cc(-c2nnc(C(F)F)o2)cc(F)c1CC. The van der Waals surface area contributed by atoms with E-state index in [2.05, 4.69) is 22.1 Å². The van der Waals surface area contributed by atoms with Crippen molar-refractivity contribution >= 4 is 11.7 Å². The number of alkyl halides is 2. The van der Waals surface area contributed by atoms with Crippen LogP contribution in [0.2, 0.25) is 0 Å². The molecular formula is C26H30F3N3O4. The Bertz CT molecular complexity index is 1160. The number of allylic oxidation sites excluding steroid dienone is 1. The van der Waals surface area contributed by atoms with Crippen molar-refractivity contribution in [3.05, 3.63) is 47.1 Å². The molecule has 2 aromatic rings. The molecule has 1 amide bonds. The van der Waals surface area contributed by atoms with E-state index in [1.54, 1.807) is 6.92 Å². The van der Waals surface area contributed by atoms with Crippen LogP contribution in [0, 0.1) is 17.2 Å². The van der Waals surface area contributed by atoms with Gasteiger partial charge in [0, 0.05) is 17.2 Å². The molecular weight excluding hydrogens is 475 g/mol. The lowest BCUT2D eigenvalue weighted by Crippen LogP contribution is -2.55. The molecule has 194 valence electrons. The van der Waals surface area contributed by atoms with Crippen LogP contribution in [0.3, 0.4) is 0 Å². The van der Waals surface area contributed by atoms with Crippen LogP contribution < -0.4 is 5.32 Å². The molecule has 0 spiro atoms. The molecule has 7 nitrogen and oxygen atoms in total. The Kier molecular flexibility index (Phi) is 7.63. The van der Waals surface area contributed by atoms with Crippen LogP contribution in [0.15, 0.2) is 28.7 Å². The van der Waals surface area contributed by atoms with E-state index in [9.17, 15) is 22.8 Å². The highest BCUT2D eigenvalue weighted by molar-refractivity contribution is 6.09. The number of nitrogens with one attached hydrogen (secondary N) is 1. The number of carbonyl (C=O) groups excluding carboxylic acids is 2. The smallest absolute Gasteiger partial charge is 0.314 e. The molecule has 4 rings (SSSR count). The van der Waals surface area contributed by atoms with E-state index in [1.165, 1.54) is 6.07 Å². The fourth-order valence-electron chi connectivity index (χ4n) is 4.88. The summed E-state index contributed by atoms with van der Waals surface area (Å²) >= 11 is 0. The largest absolute Gasteiger partial charge is 0.415 e. The Morgan fingerprint density at radius 2 is 1.94 bits per heavy atom. The molecule has 1 aromatic carbocycles. The summed E-state index contributed by atoms with van der Waals surface area (Å²) in [7, 11) is 0. The quantitative estimate of drug-likeness (QED) is 0.371. The first-order chi connectivity index (χ1) is 17.1. The van der Waals surface area contributed by atoms with Gasteiger partial charge in [0.15, 0.2) is 5.78 Å². The van der Waals surface area contributed by atoms with Crippen LogP contribution in [0.1, 0.15) is 74.2 Å². The fraction of sp³-hybridized carbons (Fsp3) is 0.538.